The van der Waals surface area contributed by atoms with Crippen LogP contribution in [0.15, 0.2) is 157 Å². The summed E-state index contributed by atoms with van der Waals surface area (Å²) in [6.45, 7) is 2.73. The number of fused-ring (bicyclic) bond motifs is 6. The number of nitrogens with one attached hydrogen (secondary N) is 1. The number of hydrogen-bond donors (Lipinski definition) is 7. The first-order valence-corrected chi connectivity index (χ1v) is 23.6. The van der Waals surface area contributed by atoms with E-state index in [1.54, 1.807) is 24.3 Å². The summed E-state index contributed by atoms with van der Waals surface area (Å²) >= 11 is 0. The standard InChI is InChI=1S/C24H18N4O6S.C16H9N3O4.C8H9NO2S/c25-11-5-7-12(8-6-11)35(33,34)10-9-28-23(31)17-18(24(28)32)20(27)16-15(19(17)26)21(29)13-3-1-2-4-14(13)22(16)30;17-11-7-8(12(18)10-9(11)15(22)19-16(10)23)14(21)6-4-2-1-3-5(6)13(7)20;1-2-12(10,11)8-5-3-7(9)4-6-8/h1-8H,9-10,25-27H2;1-4H,17-18H2,(H,19,22,23);2-6H,1,9H2. The molecule has 0 saturated carbocycles. The number of aromatic nitrogens is 2. The molecular formula is C48H36N8O12S2. The molecule has 2 heterocycles. The first-order chi connectivity index (χ1) is 33.0. The fourth-order valence-electron chi connectivity index (χ4n) is 8.29. The second-order valence-corrected chi connectivity index (χ2v) is 19.8. The van der Waals surface area contributed by atoms with Gasteiger partial charge in [0, 0.05) is 44.9 Å². The molecule has 0 saturated heterocycles. The molecular weight excluding hydrogens is 945 g/mol. The highest BCUT2D eigenvalue weighted by atomic mass is 32.2. The van der Waals surface area contributed by atoms with Crippen LogP contribution < -0.4 is 78.4 Å². The van der Waals surface area contributed by atoms with E-state index in [-0.39, 0.29) is 97.2 Å². The minimum Gasteiger partial charge on any atom is -0.399 e. The van der Waals surface area contributed by atoms with Crippen molar-refractivity contribution in [2.24, 2.45) is 0 Å². The lowest BCUT2D eigenvalue weighted by molar-refractivity contribution is 0.586. The summed E-state index contributed by atoms with van der Waals surface area (Å²) < 4.78 is 48.4. The largest absolute Gasteiger partial charge is 0.399 e. The van der Waals surface area contributed by atoms with Crippen LogP contribution in [0.1, 0.15) is 0 Å². The Hall–Kier alpha value is -9.28. The number of nitrogens with two attached hydrogens (primary N) is 6. The van der Waals surface area contributed by atoms with Crippen molar-refractivity contribution in [1.29, 1.82) is 0 Å². The third-order valence-electron chi connectivity index (χ3n) is 11.7. The average Bonchev–Trinajstić information content (AvgIpc) is 3.79. The van der Waals surface area contributed by atoms with Crippen LogP contribution in [0.3, 0.4) is 0 Å². The Morgan fingerprint density at radius 1 is 0.443 bits per heavy atom. The molecule has 2 aromatic heterocycles. The molecule has 0 aliphatic heterocycles. The molecule has 10 aromatic rings. The Balaban J connectivity index is 0.000000160. The van der Waals surface area contributed by atoms with Gasteiger partial charge in [0.2, 0.25) is 0 Å². The van der Waals surface area contributed by atoms with Crippen LogP contribution in [-0.4, -0.2) is 32.1 Å². The monoisotopic (exact) mass is 980 g/mol. The molecule has 0 amide bonds. The molecule has 8 aromatic carbocycles. The molecule has 0 aliphatic carbocycles. The highest BCUT2D eigenvalue weighted by Gasteiger charge is 2.27. The van der Waals surface area contributed by atoms with Gasteiger partial charge in [0.05, 0.1) is 81.4 Å². The van der Waals surface area contributed by atoms with E-state index in [9.17, 15) is 55.2 Å². The summed E-state index contributed by atoms with van der Waals surface area (Å²) in [5, 5.41) is -0.0834. The molecule has 0 atom stereocenters. The minimum absolute atomic E-state index is 0.0215. The van der Waals surface area contributed by atoms with Crippen LogP contribution in [-0.2, 0) is 26.2 Å². The zero-order valence-corrected chi connectivity index (χ0v) is 37.7. The number of benzene rings is 8. The van der Waals surface area contributed by atoms with E-state index >= 15 is 0 Å². The number of hydrogen-bond acceptors (Lipinski definition) is 18. The molecule has 22 heteroatoms. The second-order valence-electron chi connectivity index (χ2n) is 15.8. The Labute approximate surface area is 391 Å². The van der Waals surface area contributed by atoms with Crippen LogP contribution in [0.2, 0.25) is 0 Å². The number of nitrogen functional groups attached to an aromatic ring is 6. The maximum Gasteiger partial charge on any atom is 0.263 e. The van der Waals surface area contributed by atoms with Gasteiger partial charge in [-0.3, -0.25) is 47.9 Å². The molecule has 352 valence electrons. The summed E-state index contributed by atoms with van der Waals surface area (Å²) in [4.78, 5) is 104. The molecule has 10 rings (SSSR count). The fourth-order valence-corrected chi connectivity index (χ4v) is 10.2. The Morgan fingerprint density at radius 2 is 0.757 bits per heavy atom. The second kappa shape index (κ2) is 17.1. The Kier molecular flexibility index (Phi) is 11.5. The van der Waals surface area contributed by atoms with Crippen molar-refractivity contribution in [2.45, 2.75) is 16.3 Å². The van der Waals surface area contributed by atoms with Crippen LogP contribution in [0.4, 0.5) is 34.1 Å². The number of nitrogens with zero attached hydrogens (tertiary/aromatic N) is 1. The first kappa shape index (κ1) is 47.2. The summed E-state index contributed by atoms with van der Waals surface area (Å²) in [6.07, 6.45) is 0. The lowest BCUT2D eigenvalue weighted by Gasteiger charge is -2.07. The van der Waals surface area contributed by atoms with Gasteiger partial charge in [-0.25, -0.2) is 16.8 Å². The Morgan fingerprint density at radius 3 is 1.09 bits per heavy atom. The van der Waals surface area contributed by atoms with Crippen molar-refractivity contribution < 1.29 is 16.8 Å². The summed E-state index contributed by atoms with van der Waals surface area (Å²) in [7, 11) is -7.17. The normalized spacial score (nSPS) is 11.8. The number of rotatable bonds is 6. The van der Waals surface area contributed by atoms with Crippen molar-refractivity contribution in [2.75, 3.05) is 40.2 Å². The molecule has 0 radical (unpaired) electrons. The Bertz CT molecular complexity index is 4390. The van der Waals surface area contributed by atoms with E-state index in [1.807, 2.05) is 0 Å². The van der Waals surface area contributed by atoms with Gasteiger partial charge in [0.25, 0.3) is 22.2 Å². The van der Waals surface area contributed by atoms with Gasteiger partial charge in [0.1, 0.15) is 0 Å². The van der Waals surface area contributed by atoms with Crippen LogP contribution in [0.25, 0.3) is 64.6 Å². The van der Waals surface area contributed by atoms with E-state index in [4.69, 9.17) is 34.4 Å². The van der Waals surface area contributed by atoms with Crippen LogP contribution in [0, 0.1) is 0 Å². The lowest BCUT2D eigenvalue weighted by atomic mass is 9.97. The van der Waals surface area contributed by atoms with E-state index in [2.05, 4.69) is 11.6 Å². The van der Waals surface area contributed by atoms with Crippen molar-refractivity contribution in [1.82, 2.24) is 9.55 Å². The smallest absolute Gasteiger partial charge is 0.263 e. The molecule has 70 heavy (non-hydrogen) atoms. The molecule has 0 bridgehead atoms. The zero-order chi connectivity index (χ0) is 50.9. The third-order valence-corrected chi connectivity index (χ3v) is 14.8. The van der Waals surface area contributed by atoms with Crippen LogP contribution in [0.5, 0.6) is 0 Å². The maximum absolute atomic E-state index is 13.2. The van der Waals surface area contributed by atoms with Gasteiger partial charge in [-0.15, -0.1) is 0 Å². The van der Waals surface area contributed by atoms with E-state index < -0.39 is 75.9 Å². The van der Waals surface area contributed by atoms with Crippen molar-refractivity contribution in [3.63, 3.8) is 0 Å². The predicted molar refractivity (Wildman–Crippen MR) is 274 cm³/mol. The highest BCUT2D eigenvalue weighted by Crippen LogP contribution is 2.33. The predicted octanol–water partition coefficient (Wildman–Crippen LogP) is 1.63. The molecule has 0 unspecified atom stereocenters. The minimum atomic E-state index is -3.86. The van der Waals surface area contributed by atoms with Crippen molar-refractivity contribution >= 4 is 118 Å². The topological polar surface area (TPSA) is 382 Å². The molecule has 0 spiro atoms. The van der Waals surface area contributed by atoms with Gasteiger partial charge in [-0.1, -0.05) is 55.1 Å². The van der Waals surface area contributed by atoms with Gasteiger partial charge in [-0.2, -0.15) is 0 Å². The van der Waals surface area contributed by atoms with E-state index in [0.29, 0.717) is 15.9 Å². The van der Waals surface area contributed by atoms with E-state index in [0.717, 1.165) is 5.41 Å². The number of aromatic amines is 1. The maximum atomic E-state index is 13.2. The van der Waals surface area contributed by atoms with Gasteiger partial charge in [0.15, 0.2) is 41.4 Å². The van der Waals surface area contributed by atoms with E-state index in [1.165, 1.54) is 72.8 Å². The highest BCUT2D eigenvalue weighted by molar-refractivity contribution is 7.94. The number of anilines is 6. The molecule has 20 nitrogen and oxygen atoms in total. The average molecular weight is 981 g/mol. The van der Waals surface area contributed by atoms with Gasteiger partial charge in [-0.05, 0) is 48.5 Å². The van der Waals surface area contributed by atoms with Gasteiger partial charge >= 0.3 is 0 Å². The lowest BCUT2D eigenvalue weighted by Crippen LogP contribution is -2.29. The van der Waals surface area contributed by atoms with Crippen LogP contribution >= 0.6 is 0 Å². The third kappa shape index (κ3) is 7.48. The first-order valence-electron chi connectivity index (χ1n) is 20.4. The van der Waals surface area contributed by atoms with Crippen molar-refractivity contribution in [3.8, 4) is 0 Å². The SMILES string of the molecule is C=CS(=O)(=O)c1ccc(N)cc1.Nc1c2c(=O)[nH]c(=O)c2c(N)c2c(=O)c3ccccc3c(=O)c12.Nc1ccc(S(=O)(=O)CCn2c(=O)c3c(N)c4c(=O)c5ccccc5c(=O)c4c(N)c3c2=O)cc1. The number of sulfone groups is 2. The molecule has 13 N–H and O–H groups in total. The summed E-state index contributed by atoms with van der Waals surface area (Å²) in [5.41, 5.74) is 29.7. The van der Waals surface area contributed by atoms with Crippen molar-refractivity contribution in [3.05, 3.63) is 191 Å². The van der Waals surface area contributed by atoms with Gasteiger partial charge < -0.3 is 34.4 Å². The fraction of sp³-hybridized carbons (Fsp3) is 0.0417. The number of H-pyrrole nitrogens is 1. The zero-order valence-electron chi connectivity index (χ0n) is 36.1. The summed E-state index contributed by atoms with van der Waals surface area (Å²) in [6, 6.07) is 23.8. The quantitative estimate of drug-likeness (QED) is 0.0707. The summed E-state index contributed by atoms with van der Waals surface area (Å²) in [5.74, 6) is -0.564. The molecule has 0 aliphatic rings. The molecule has 0 fully saturated rings.